The molecule has 1 rings (SSSR count). The van der Waals surface area contributed by atoms with Gasteiger partial charge in [0.05, 0.1) is 18.8 Å². The Labute approximate surface area is 57.4 Å². The lowest BCUT2D eigenvalue weighted by molar-refractivity contribution is -0.166. The van der Waals surface area contributed by atoms with Gasteiger partial charge in [-0.1, -0.05) is 0 Å². The molecule has 0 amide bonds. The Hall–Kier alpha value is -0.650. The Morgan fingerprint density at radius 1 is 1.70 bits per heavy atom. The van der Waals surface area contributed by atoms with Crippen LogP contribution in [0.1, 0.15) is 0 Å². The fourth-order valence-electron chi connectivity index (χ4n) is 0.742. The molecule has 0 aliphatic carbocycles. The number of hydrogen-bond donors (Lipinski definition) is 3. The number of aliphatic carboxylic acids is 1. The average molecular weight is 147 g/mol. The van der Waals surface area contributed by atoms with Gasteiger partial charge in [0.15, 0.2) is 6.10 Å². The number of rotatable bonds is 2. The van der Waals surface area contributed by atoms with Crippen LogP contribution in [0.15, 0.2) is 0 Å². The van der Waals surface area contributed by atoms with E-state index in [9.17, 15) is 4.79 Å². The summed E-state index contributed by atoms with van der Waals surface area (Å²) in [6.07, 6.45) is -1.51. The maximum Gasteiger partial charge on any atom is 0.334 e. The highest BCUT2D eigenvalue weighted by atomic mass is 16.5. The van der Waals surface area contributed by atoms with Gasteiger partial charge < -0.3 is 20.7 Å². The first-order valence-electron chi connectivity index (χ1n) is 2.84. The molecule has 58 valence electrons. The van der Waals surface area contributed by atoms with Crippen LogP contribution in [-0.2, 0) is 9.53 Å². The summed E-state index contributed by atoms with van der Waals surface area (Å²) in [4.78, 5) is 10.2. The fraction of sp³-hybridized carbons (Fsp3) is 0.800. The highest BCUT2D eigenvalue weighted by Gasteiger charge is 2.45. The van der Waals surface area contributed by atoms with Crippen molar-refractivity contribution >= 4 is 5.97 Å². The van der Waals surface area contributed by atoms with Gasteiger partial charge in [-0.3, -0.25) is 0 Å². The molecule has 5 heteroatoms. The number of hydrogen-bond acceptors (Lipinski definition) is 4. The Balaban J connectivity index is 2.54. The van der Waals surface area contributed by atoms with Crippen molar-refractivity contribution in [3.63, 3.8) is 0 Å². The van der Waals surface area contributed by atoms with E-state index in [0.717, 1.165) is 0 Å². The molecule has 1 saturated heterocycles. The van der Waals surface area contributed by atoms with Crippen molar-refractivity contribution in [1.82, 2.24) is 0 Å². The van der Waals surface area contributed by atoms with Gasteiger partial charge >= 0.3 is 5.97 Å². The Morgan fingerprint density at radius 2 is 2.20 bits per heavy atom. The van der Waals surface area contributed by atoms with Crippen LogP contribution in [-0.4, -0.2) is 41.0 Å². The van der Waals surface area contributed by atoms with Gasteiger partial charge in [0.25, 0.3) is 0 Å². The van der Waals surface area contributed by atoms with Crippen molar-refractivity contribution in [2.75, 3.05) is 13.2 Å². The maximum atomic E-state index is 10.2. The second kappa shape index (κ2) is 2.19. The van der Waals surface area contributed by atoms with E-state index in [-0.39, 0.29) is 13.2 Å². The van der Waals surface area contributed by atoms with Crippen LogP contribution in [0.5, 0.6) is 0 Å². The second-order valence-electron chi connectivity index (χ2n) is 2.47. The summed E-state index contributed by atoms with van der Waals surface area (Å²) in [6.45, 7) is 0.223. The van der Waals surface area contributed by atoms with Gasteiger partial charge in [-0.2, -0.15) is 0 Å². The van der Waals surface area contributed by atoms with Gasteiger partial charge in [0.1, 0.15) is 0 Å². The number of carbonyl (C=O) groups is 1. The van der Waals surface area contributed by atoms with Crippen molar-refractivity contribution in [3.05, 3.63) is 0 Å². The van der Waals surface area contributed by atoms with Crippen molar-refractivity contribution < 1.29 is 19.7 Å². The van der Waals surface area contributed by atoms with Crippen LogP contribution in [0, 0.1) is 0 Å². The van der Waals surface area contributed by atoms with Gasteiger partial charge in [0, 0.05) is 0 Å². The van der Waals surface area contributed by atoms with Crippen LogP contribution in [0.4, 0.5) is 0 Å². The van der Waals surface area contributed by atoms with Gasteiger partial charge in [-0.15, -0.1) is 0 Å². The molecule has 1 atom stereocenters. The zero-order valence-electron chi connectivity index (χ0n) is 5.28. The lowest BCUT2D eigenvalue weighted by Gasteiger charge is -2.39. The summed E-state index contributed by atoms with van der Waals surface area (Å²) in [5, 5.41) is 17.2. The number of ether oxygens (including phenoxy) is 1. The molecule has 0 radical (unpaired) electrons. The zero-order valence-corrected chi connectivity index (χ0v) is 5.28. The van der Waals surface area contributed by atoms with Crippen LogP contribution < -0.4 is 5.73 Å². The van der Waals surface area contributed by atoms with Crippen LogP contribution in [0.2, 0.25) is 0 Å². The first kappa shape index (κ1) is 7.46. The number of aliphatic hydroxyl groups excluding tert-OH is 1. The monoisotopic (exact) mass is 147 g/mol. The van der Waals surface area contributed by atoms with Crippen molar-refractivity contribution in [2.24, 2.45) is 5.73 Å². The fourth-order valence-corrected chi connectivity index (χ4v) is 0.742. The SMILES string of the molecule is NC1(C(O)C(=O)O)COC1. The summed E-state index contributed by atoms with van der Waals surface area (Å²) in [7, 11) is 0. The Bertz CT molecular complexity index is 154. The van der Waals surface area contributed by atoms with E-state index in [1.807, 2.05) is 0 Å². The van der Waals surface area contributed by atoms with Crippen LogP contribution >= 0.6 is 0 Å². The molecule has 1 fully saturated rings. The molecular formula is C5H9NO4. The van der Waals surface area contributed by atoms with E-state index in [4.69, 9.17) is 15.9 Å². The number of carboxylic acid groups (broad SMARTS) is 1. The van der Waals surface area contributed by atoms with E-state index in [1.54, 1.807) is 0 Å². The highest BCUT2D eigenvalue weighted by Crippen LogP contribution is 2.17. The van der Waals surface area contributed by atoms with Gasteiger partial charge in [-0.25, -0.2) is 4.79 Å². The number of aliphatic hydroxyl groups is 1. The topological polar surface area (TPSA) is 92.8 Å². The molecule has 1 unspecified atom stereocenters. The minimum absolute atomic E-state index is 0.112. The van der Waals surface area contributed by atoms with Gasteiger partial charge in [-0.05, 0) is 0 Å². The van der Waals surface area contributed by atoms with E-state index in [2.05, 4.69) is 4.74 Å². The van der Waals surface area contributed by atoms with Crippen molar-refractivity contribution in [3.8, 4) is 0 Å². The molecular weight excluding hydrogens is 138 g/mol. The molecule has 10 heavy (non-hydrogen) atoms. The maximum absolute atomic E-state index is 10.2. The van der Waals surface area contributed by atoms with Crippen molar-refractivity contribution in [2.45, 2.75) is 11.6 Å². The molecule has 1 heterocycles. The molecule has 0 aromatic carbocycles. The number of carboxylic acids is 1. The van der Waals surface area contributed by atoms with Gasteiger partial charge in [0.2, 0.25) is 0 Å². The predicted octanol–water partition coefficient (Wildman–Crippen LogP) is -1.84. The summed E-state index contributed by atoms with van der Waals surface area (Å²) in [5.74, 6) is -1.30. The van der Waals surface area contributed by atoms with Crippen LogP contribution in [0.3, 0.4) is 0 Å². The standard InChI is InChI=1S/C5H9NO4/c6-5(1-10-2-5)3(7)4(8)9/h3,7H,1-2,6H2,(H,8,9). The molecule has 4 N–H and O–H groups in total. The lowest BCUT2D eigenvalue weighted by Crippen LogP contribution is -2.67. The third-order valence-electron chi connectivity index (χ3n) is 1.52. The molecule has 0 bridgehead atoms. The Morgan fingerprint density at radius 3 is 2.30 bits per heavy atom. The summed E-state index contributed by atoms with van der Waals surface area (Å²) in [6, 6.07) is 0. The van der Waals surface area contributed by atoms with Crippen LogP contribution in [0.25, 0.3) is 0 Å². The third kappa shape index (κ3) is 0.985. The minimum atomic E-state index is -1.51. The first-order valence-corrected chi connectivity index (χ1v) is 2.84. The minimum Gasteiger partial charge on any atom is -0.479 e. The predicted molar refractivity (Wildman–Crippen MR) is 31.4 cm³/mol. The molecule has 0 spiro atoms. The Kier molecular flexibility index (Phi) is 1.63. The normalized spacial score (nSPS) is 25.0. The first-order chi connectivity index (χ1) is 4.56. The summed E-state index contributed by atoms with van der Waals surface area (Å²) in [5.41, 5.74) is 4.33. The zero-order chi connectivity index (χ0) is 7.78. The molecule has 0 aromatic heterocycles. The molecule has 0 aromatic rings. The van der Waals surface area contributed by atoms with E-state index in [1.165, 1.54) is 0 Å². The molecule has 1 aliphatic heterocycles. The van der Waals surface area contributed by atoms with E-state index in [0.29, 0.717) is 0 Å². The molecule has 1 aliphatic rings. The largest absolute Gasteiger partial charge is 0.479 e. The van der Waals surface area contributed by atoms with E-state index < -0.39 is 17.6 Å². The quantitative estimate of drug-likeness (QED) is 0.426. The molecule has 5 nitrogen and oxygen atoms in total. The summed E-state index contributed by atoms with van der Waals surface area (Å²) < 4.78 is 4.66. The van der Waals surface area contributed by atoms with E-state index >= 15 is 0 Å². The number of nitrogens with two attached hydrogens (primary N) is 1. The lowest BCUT2D eigenvalue weighted by atomic mass is 9.92. The third-order valence-corrected chi connectivity index (χ3v) is 1.52. The smallest absolute Gasteiger partial charge is 0.334 e. The average Bonchev–Trinajstić information content (AvgIpc) is 1.81. The molecule has 0 saturated carbocycles. The summed E-state index contributed by atoms with van der Waals surface area (Å²) >= 11 is 0. The second-order valence-corrected chi connectivity index (χ2v) is 2.47. The highest BCUT2D eigenvalue weighted by molar-refractivity contribution is 5.74. The van der Waals surface area contributed by atoms with Crippen molar-refractivity contribution in [1.29, 1.82) is 0 Å².